The van der Waals surface area contributed by atoms with Crippen LogP contribution in [0.1, 0.15) is 18.0 Å². The van der Waals surface area contributed by atoms with E-state index in [4.69, 9.17) is 11.0 Å². The molecule has 1 aromatic carbocycles. The van der Waals surface area contributed by atoms with Gasteiger partial charge in [-0.1, -0.05) is 30.3 Å². The fourth-order valence-electron chi connectivity index (χ4n) is 0.916. The van der Waals surface area contributed by atoms with E-state index in [2.05, 4.69) is 0 Å². The molecule has 0 amide bonds. The molecule has 0 bridgehead atoms. The van der Waals surface area contributed by atoms with Crippen molar-refractivity contribution in [2.24, 2.45) is 5.73 Å². The second-order valence-corrected chi connectivity index (χ2v) is 2.38. The molecule has 2 nitrogen and oxygen atoms in total. The molecular weight excluding hydrogens is 172 g/mol. The maximum Gasteiger partial charge on any atom is 0.0641 e. The van der Waals surface area contributed by atoms with Crippen LogP contribution in [0.15, 0.2) is 30.3 Å². The standard InChI is InChI=1S/C9H10N2.ClH/c10-7-6-9(11)8-4-2-1-3-5-8;/h1-5,9H,6,11H2;1H. The van der Waals surface area contributed by atoms with Crippen LogP contribution < -0.4 is 5.73 Å². The van der Waals surface area contributed by atoms with Crippen molar-refractivity contribution in [1.82, 2.24) is 0 Å². The predicted molar refractivity (Wildman–Crippen MR) is 50.8 cm³/mol. The molecule has 0 aromatic heterocycles. The maximum atomic E-state index is 8.37. The van der Waals surface area contributed by atoms with Gasteiger partial charge in [0.2, 0.25) is 0 Å². The van der Waals surface area contributed by atoms with Crippen molar-refractivity contribution in [2.45, 2.75) is 12.5 Å². The van der Waals surface area contributed by atoms with Crippen molar-refractivity contribution in [3.63, 3.8) is 0 Å². The van der Waals surface area contributed by atoms with Crippen LogP contribution in [0.5, 0.6) is 0 Å². The van der Waals surface area contributed by atoms with Gasteiger partial charge in [0.15, 0.2) is 0 Å². The fraction of sp³-hybridized carbons (Fsp3) is 0.222. The van der Waals surface area contributed by atoms with Gasteiger partial charge in [-0.2, -0.15) is 5.26 Å². The molecule has 1 unspecified atom stereocenters. The molecule has 0 aliphatic rings. The van der Waals surface area contributed by atoms with Crippen molar-refractivity contribution in [2.75, 3.05) is 0 Å². The summed E-state index contributed by atoms with van der Waals surface area (Å²) in [6.07, 6.45) is 0.379. The molecule has 0 saturated heterocycles. The number of nitrogens with two attached hydrogens (primary N) is 1. The minimum Gasteiger partial charge on any atom is -0.323 e. The number of halogens is 1. The first-order valence-electron chi connectivity index (χ1n) is 3.52. The van der Waals surface area contributed by atoms with E-state index in [0.29, 0.717) is 6.42 Å². The highest BCUT2D eigenvalue weighted by Crippen LogP contribution is 2.11. The van der Waals surface area contributed by atoms with E-state index >= 15 is 0 Å². The van der Waals surface area contributed by atoms with E-state index in [1.807, 2.05) is 36.4 Å². The summed E-state index contributed by atoms with van der Waals surface area (Å²) in [5, 5.41) is 8.37. The van der Waals surface area contributed by atoms with E-state index < -0.39 is 0 Å². The Morgan fingerprint density at radius 2 is 1.92 bits per heavy atom. The molecule has 0 radical (unpaired) electrons. The molecule has 1 aromatic rings. The molecule has 0 aliphatic carbocycles. The van der Waals surface area contributed by atoms with E-state index in [0.717, 1.165) is 5.56 Å². The average molecular weight is 183 g/mol. The second-order valence-electron chi connectivity index (χ2n) is 2.38. The van der Waals surface area contributed by atoms with Gasteiger partial charge in [0, 0.05) is 6.04 Å². The van der Waals surface area contributed by atoms with Gasteiger partial charge >= 0.3 is 0 Å². The Bertz CT molecular complexity index is 253. The van der Waals surface area contributed by atoms with Crippen LogP contribution in [0.25, 0.3) is 0 Å². The van der Waals surface area contributed by atoms with Gasteiger partial charge in [0.25, 0.3) is 0 Å². The summed E-state index contributed by atoms with van der Waals surface area (Å²) in [5.74, 6) is 0. The number of nitrogens with zero attached hydrogens (tertiary/aromatic N) is 1. The molecule has 0 heterocycles. The quantitative estimate of drug-likeness (QED) is 0.761. The molecule has 1 atom stereocenters. The van der Waals surface area contributed by atoms with Gasteiger partial charge in [-0.25, -0.2) is 0 Å². The molecule has 64 valence electrons. The lowest BCUT2D eigenvalue weighted by molar-refractivity contribution is 0.748. The molecule has 12 heavy (non-hydrogen) atoms. The van der Waals surface area contributed by atoms with E-state index in [1.165, 1.54) is 0 Å². The first-order chi connectivity index (χ1) is 5.34. The highest BCUT2D eigenvalue weighted by Gasteiger charge is 2.02. The van der Waals surface area contributed by atoms with Crippen molar-refractivity contribution in [1.29, 1.82) is 5.26 Å². The third kappa shape index (κ3) is 2.91. The van der Waals surface area contributed by atoms with Crippen LogP contribution in [-0.4, -0.2) is 0 Å². The molecule has 2 N–H and O–H groups in total. The highest BCUT2D eigenvalue weighted by molar-refractivity contribution is 5.85. The zero-order chi connectivity index (χ0) is 8.10. The van der Waals surface area contributed by atoms with Crippen LogP contribution >= 0.6 is 12.4 Å². The summed E-state index contributed by atoms with van der Waals surface area (Å²) in [6, 6.07) is 11.5. The summed E-state index contributed by atoms with van der Waals surface area (Å²) < 4.78 is 0. The van der Waals surface area contributed by atoms with E-state index in [9.17, 15) is 0 Å². The normalized spacial score (nSPS) is 11.0. The van der Waals surface area contributed by atoms with Crippen molar-refractivity contribution in [3.8, 4) is 6.07 Å². The number of hydrogen-bond acceptors (Lipinski definition) is 2. The lowest BCUT2D eigenvalue weighted by atomic mass is 10.1. The molecule has 0 aliphatic heterocycles. The third-order valence-electron chi connectivity index (χ3n) is 1.54. The smallest absolute Gasteiger partial charge is 0.0641 e. The summed E-state index contributed by atoms with van der Waals surface area (Å²) in [5.41, 5.74) is 6.71. The van der Waals surface area contributed by atoms with Gasteiger partial charge in [0.05, 0.1) is 12.5 Å². The highest BCUT2D eigenvalue weighted by atomic mass is 35.5. The van der Waals surface area contributed by atoms with Crippen molar-refractivity contribution >= 4 is 12.4 Å². The van der Waals surface area contributed by atoms with Crippen molar-refractivity contribution in [3.05, 3.63) is 35.9 Å². The molecule has 0 fully saturated rings. The Balaban J connectivity index is 0.00000121. The first kappa shape index (κ1) is 11.0. The summed E-state index contributed by atoms with van der Waals surface area (Å²) in [7, 11) is 0. The fourth-order valence-corrected chi connectivity index (χ4v) is 0.916. The minimum atomic E-state index is -0.138. The lowest BCUT2D eigenvalue weighted by Gasteiger charge is -2.05. The van der Waals surface area contributed by atoms with Crippen LogP contribution in [-0.2, 0) is 0 Å². The molecule has 0 saturated carbocycles. The van der Waals surface area contributed by atoms with E-state index in [1.54, 1.807) is 0 Å². The number of hydrogen-bond donors (Lipinski definition) is 1. The first-order valence-corrected chi connectivity index (χ1v) is 3.52. The van der Waals surface area contributed by atoms with Gasteiger partial charge < -0.3 is 5.73 Å². The van der Waals surface area contributed by atoms with Gasteiger partial charge in [-0.3, -0.25) is 0 Å². The Morgan fingerprint density at radius 1 is 1.33 bits per heavy atom. The predicted octanol–water partition coefficient (Wildman–Crippen LogP) is 2.02. The lowest BCUT2D eigenvalue weighted by Crippen LogP contribution is -2.08. The average Bonchev–Trinajstić information content (AvgIpc) is 2.07. The van der Waals surface area contributed by atoms with Gasteiger partial charge in [-0.15, -0.1) is 12.4 Å². The zero-order valence-corrected chi connectivity index (χ0v) is 7.42. The van der Waals surface area contributed by atoms with Crippen LogP contribution in [0.2, 0.25) is 0 Å². The van der Waals surface area contributed by atoms with Crippen LogP contribution in [0.4, 0.5) is 0 Å². The number of rotatable bonds is 2. The van der Waals surface area contributed by atoms with Crippen LogP contribution in [0, 0.1) is 11.3 Å². The Labute approximate surface area is 78.4 Å². The zero-order valence-electron chi connectivity index (χ0n) is 6.60. The van der Waals surface area contributed by atoms with Crippen molar-refractivity contribution < 1.29 is 0 Å². The summed E-state index contributed by atoms with van der Waals surface area (Å²) in [4.78, 5) is 0. The molecule has 1 rings (SSSR count). The Hall–Kier alpha value is -1.04. The Kier molecular flexibility index (Phi) is 5.11. The molecule has 3 heteroatoms. The Morgan fingerprint density at radius 3 is 2.42 bits per heavy atom. The van der Waals surface area contributed by atoms with Gasteiger partial charge in [0.1, 0.15) is 0 Å². The largest absolute Gasteiger partial charge is 0.323 e. The topological polar surface area (TPSA) is 49.8 Å². The van der Waals surface area contributed by atoms with Crippen LogP contribution in [0.3, 0.4) is 0 Å². The van der Waals surface area contributed by atoms with E-state index in [-0.39, 0.29) is 18.4 Å². The molecule has 0 spiro atoms. The maximum absolute atomic E-state index is 8.37. The number of benzene rings is 1. The second kappa shape index (κ2) is 5.59. The monoisotopic (exact) mass is 182 g/mol. The number of nitriles is 1. The summed E-state index contributed by atoms with van der Waals surface area (Å²) in [6.45, 7) is 0. The third-order valence-corrected chi connectivity index (χ3v) is 1.54. The van der Waals surface area contributed by atoms with Gasteiger partial charge in [-0.05, 0) is 5.56 Å². The summed E-state index contributed by atoms with van der Waals surface area (Å²) >= 11 is 0. The molecular formula is C9H11ClN2. The SMILES string of the molecule is Cl.N#CCC(N)c1ccccc1. The minimum absolute atomic E-state index is 0.